The van der Waals surface area contributed by atoms with Gasteiger partial charge < -0.3 is 9.47 Å². The van der Waals surface area contributed by atoms with Gasteiger partial charge in [-0.15, -0.1) is 0 Å². The summed E-state index contributed by atoms with van der Waals surface area (Å²) in [5, 5.41) is 0. The third-order valence-corrected chi connectivity index (χ3v) is 3.77. The molecular weight excluding hydrogens is 250 g/mol. The second-order valence-corrected chi connectivity index (χ2v) is 5.94. The summed E-state index contributed by atoms with van der Waals surface area (Å²) < 4.78 is 11.7. The summed E-state index contributed by atoms with van der Waals surface area (Å²) in [7, 11) is 0. The molecule has 0 amide bonds. The second kappa shape index (κ2) is 7.09. The van der Waals surface area contributed by atoms with E-state index in [9.17, 15) is 0 Å². The molecule has 1 fully saturated rings. The van der Waals surface area contributed by atoms with Gasteiger partial charge in [0.15, 0.2) is 0 Å². The Balaban J connectivity index is 1.74. The van der Waals surface area contributed by atoms with Crippen molar-refractivity contribution >= 4 is 0 Å². The van der Waals surface area contributed by atoms with Gasteiger partial charge in [-0.3, -0.25) is 4.90 Å². The van der Waals surface area contributed by atoms with Crippen molar-refractivity contribution < 1.29 is 9.47 Å². The average Bonchev–Trinajstić information content (AvgIpc) is 2.36. The summed E-state index contributed by atoms with van der Waals surface area (Å²) in [5.41, 5.74) is 2.44. The van der Waals surface area contributed by atoms with Crippen molar-refractivity contribution in [1.29, 1.82) is 0 Å². The van der Waals surface area contributed by atoms with Crippen LogP contribution in [0.15, 0.2) is 18.2 Å². The highest BCUT2D eigenvalue weighted by Gasteiger charge is 2.21. The Morgan fingerprint density at radius 3 is 2.35 bits per heavy atom. The maximum Gasteiger partial charge on any atom is 0.125 e. The molecule has 1 aliphatic rings. The first kappa shape index (κ1) is 15.3. The SMILES string of the molecule is Cc1cccc(C)c1OCCCN1C[C@@H](C)O[C@@H](C)C1. The fourth-order valence-electron chi connectivity index (χ4n) is 2.96. The zero-order valence-electron chi connectivity index (χ0n) is 13.2. The van der Waals surface area contributed by atoms with E-state index in [2.05, 4.69) is 50.8 Å². The van der Waals surface area contributed by atoms with Crippen LogP contribution in [0, 0.1) is 13.8 Å². The normalized spacial score (nSPS) is 23.8. The Hall–Kier alpha value is -1.06. The molecule has 112 valence electrons. The van der Waals surface area contributed by atoms with Crippen LogP contribution < -0.4 is 4.74 Å². The van der Waals surface area contributed by atoms with Crippen molar-refractivity contribution in [2.45, 2.75) is 46.3 Å². The van der Waals surface area contributed by atoms with Gasteiger partial charge >= 0.3 is 0 Å². The summed E-state index contributed by atoms with van der Waals surface area (Å²) in [6.07, 6.45) is 1.75. The minimum atomic E-state index is 0.346. The molecule has 3 nitrogen and oxygen atoms in total. The van der Waals surface area contributed by atoms with E-state index >= 15 is 0 Å². The number of hydrogen-bond donors (Lipinski definition) is 0. The quantitative estimate of drug-likeness (QED) is 0.772. The molecule has 0 spiro atoms. The molecule has 1 heterocycles. The smallest absolute Gasteiger partial charge is 0.125 e. The van der Waals surface area contributed by atoms with Gasteiger partial charge in [0, 0.05) is 19.6 Å². The fourth-order valence-corrected chi connectivity index (χ4v) is 2.96. The summed E-state index contributed by atoms with van der Waals surface area (Å²) in [5.74, 6) is 1.05. The Kier molecular flexibility index (Phi) is 5.44. The van der Waals surface area contributed by atoms with Gasteiger partial charge in [0.1, 0.15) is 5.75 Å². The van der Waals surface area contributed by atoms with E-state index in [1.807, 2.05) is 0 Å². The first-order valence-electron chi connectivity index (χ1n) is 7.63. The van der Waals surface area contributed by atoms with E-state index in [0.29, 0.717) is 12.2 Å². The van der Waals surface area contributed by atoms with Gasteiger partial charge in [-0.1, -0.05) is 18.2 Å². The van der Waals surface area contributed by atoms with Crippen LogP contribution in [0.1, 0.15) is 31.4 Å². The van der Waals surface area contributed by atoms with Crippen LogP contribution in [0.5, 0.6) is 5.75 Å². The molecule has 0 radical (unpaired) electrons. The molecule has 2 atom stereocenters. The molecule has 0 N–H and O–H groups in total. The monoisotopic (exact) mass is 277 g/mol. The molecule has 0 saturated carbocycles. The van der Waals surface area contributed by atoms with E-state index in [-0.39, 0.29) is 0 Å². The van der Waals surface area contributed by atoms with Crippen molar-refractivity contribution in [3.8, 4) is 5.75 Å². The third kappa shape index (κ3) is 4.22. The van der Waals surface area contributed by atoms with Gasteiger partial charge in [0.05, 0.1) is 18.8 Å². The van der Waals surface area contributed by atoms with Gasteiger partial charge in [-0.05, 0) is 45.2 Å². The number of benzene rings is 1. The minimum Gasteiger partial charge on any atom is -0.493 e. The van der Waals surface area contributed by atoms with Crippen molar-refractivity contribution in [2.75, 3.05) is 26.2 Å². The molecule has 3 heteroatoms. The molecule has 0 aromatic heterocycles. The molecule has 0 aliphatic carbocycles. The summed E-state index contributed by atoms with van der Waals surface area (Å²) in [4.78, 5) is 2.48. The fraction of sp³-hybridized carbons (Fsp3) is 0.647. The predicted octanol–water partition coefficient (Wildman–Crippen LogP) is 3.18. The lowest BCUT2D eigenvalue weighted by molar-refractivity contribution is -0.0686. The zero-order valence-corrected chi connectivity index (χ0v) is 13.2. The van der Waals surface area contributed by atoms with Crippen LogP contribution in [0.25, 0.3) is 0 Å². The van der Waals surface area contributed by atoms with Crippen LogP contribution in [-0.4, -0.2) is 43.3 Å². The molecule has 20 heavy (non-hydrogen) atoms. The molecule has 2 rings (SSSR count). The van der Waals surface area contributed by atoms with E-state index in [1.54, 1.807) is 0 Å². The van der Waals surface area contributed by atoms with Gasteiger partial charge in [-0.2, -0.15) is 0 Å². The van der Waals surface area contributed by atoms with Crippen molar-refractivity contribution in [3.63, 3.8) is 0 Å². The van der Waals surface area contributed by atoms with E-state index in [4.69, 9.17) is 9.47 Å². The predicted molar refractivity (Wildman–Crippen MR) is 82.5 cm³/mol. The molecule has 1 aliphatic heterocycles. The number of morpholine rings is 1. The number of hydrogen-bond acceptors (Lipinski definition) is 3. The molecule has 1 aromatic rings. The van der Waals surface area contributed by atoms with E-state index in [1.165, 1.54) is 11.1 Å². The zero-order chi connectivity index (χ0) is 14.5. The number of ether oxygens (including phenoxy) is 2. The Labute approximate surface area is 122 Å². The molecule has 0 bridgehead atoms. The standard InChI is InChI=1S/C17H27NO2/c1-13-7-5-8-14(2)17(13)19-10-6-9-18-11-15(3)20-16(4)12-18/h5,7-8,15-16H,6,9-12H2,1-4H3/t15-,16+. The topological polar surface area (TPSA) is 21.7 Å². The minimum absolute atomic E-state index is 0.346. The van der Waals surface area contributed by atoms with Crippen molar-refractivity contribution in [2.24, 2.45) is 0 Å². The highest BCUT2D eigenvalue weighted by atomic mass is 16.5. The highest BCUT2D eigenvalue weighted by Crippen LogP contribution is 2.22. The Bertz CT molecular complexity index is 403. The number of nitrogens with zero attached hydrogens (tertiary/aromatic N) is 1. The van der Waals surface area contributed by atoms with Gasteiger partial charge in [0.2, 0.25) is 0 Å². The highest BCUT2D eigenvalue weighted by molar-refractivity contribution is 5.39. The first-order valence-corrected chi connectivity index (χ1v) is 7.63. The molecule has 1 aromatic carbocycles. The number of aryl methyl sites for hydroxylation is 2. The van der Waals surface area contributed by atoms with Crippen LogP contribution in [0.2, 0.25) is 0 Å². The molecular formula is C17H27NO2. The largest absolute Gasteiger partial charge is 0.493 e. The number of para-hydroxylation sites is 1. The maximum atomic E-state index is 5.95. The van der Waals surface area contributed by atoms with Gasteiger partial charge in [-0.25, -0.2) is 0 Å². The van der Waals surface area contributed by atoms with Crippen LogP contribution in [-0.2, 0) is 4.74 Å². The van der Waals surface area contributed by atoms with Crippen LogP contribution >= 0.6 is 0 Å². The lowest BCUT2D eigenvalue weighted by Gasteiger charge is -2.35. The summed E-state index contributed by atoms with van der Waals surface area (Å²) in [6, 6.07) is 6.29. The Morgan fingerprint density at radius 1 is 1.15 bits per heavy atom. The van der Waals surface area contributed by atoms with E-state index in [0.717, 1.165) is 38.4 Å². The second-order valence-electron chi connectivity index (χ2n) is 5.94. The molecule has 0 unspecified atom stereocenters. The lowest BCUT2D eigenvalue weighted by Crippen LogP contribution is -2.45. The maximum absolute atomic E-state index is 5.95. The van der Waals surface area contributed by atoms with Gasteiger partial charge in [0.25, 0.3) is 0 Å². The first-order chi connectivity index (χ1) is 9.56. The summed E-state index contributed by atoms with van der Waals surface area (Å²) >= 11 is 0. The number of rotatable bonds is 5. The van der Waals surface area contributed by atoms with Crippen LogP contribution in [0.4, 0.5) is 0 Å². The third-order valence-electron chi connectivity index (χ3n) is 3.77. The Morgan fingerprint density at radius 2 is 1.75 bits per heavy atom. The lowest BCUT2D eigenvalue weighted by atomic mass is 10.1. The van der Waals surface area contributed by atoms with E-state index < -0.39 is 0 Å². The summed E-state index contributed by atoms with van der Waals surface area (Å²) in [6.45, 7) is 12.4. The van der Waals surface area contributed by atoms with Crippen molar-refractivity contribution in [1.82, 2.24) is 4.90 Å². The molecule has 1 saturated heterocycles. The van der Waals surface area contributed by atoms with Crippen molar-refractivity contribution in [3.05, 3.63) is 29.3 Å². The average molecular weight is 277 g/mol. The van der Waals surface area contributed by atoms with Crippen LogP contribution in [0.3, 0.4) is 0 Å².